The highest BCUT2D eigenvalue weighted by Crippen LogP contribution is 2.26. The van der Waals surface area contributed by atoms with Crippen LogP contribution >= 0.6 is 0 Å². The quantitative estimate of drug-likeness (QED) is 0.784. The lowest BCUT2D eigenvalue weighted by Gasteiger charge is -2.32. The first-order valence-corrected chi connectivity index (χ1v) is 8.53. The average molecular weight is 348 g/mol. The molecule has 0 radical (unpaired) electrons. The monoisotopic (exact) mass is 348 g/mol. The molecule has 1 aromatic carbocycles. The zero-order chi connectivity index (χ0) is 18.1. The van der Waals surface area contributed by atoms with Gasteiger partial charge in [0.05, 0.1) is 24.5 Å². The number of rotatable bonds is 3. The van der Waals surface area contributed by atoms with Crippen molar-refractivity contribution < 1.29 is 4.79 Å². The van der Waals surface area contributed by atoms with Crippen LogP contribution < -0.4 is 5.32 Å². The van der Waals surface area contributed by atoms with Crippen molar-refractivity contribution in [2.24, 2.45) is 0 Å². The van der Waals surface area contributed by atoms with Crippen molar-refractivity contribution in [3.63, 3.8) is 0 Å². The van der Waals surface area contributed by atoms with Gasteiger partial charge in [-0.25, -0.2) is 0 Å². The molecule has 26 heavy (non-hydrogen) atoms. The number of aryl methyl sites for hydroxylation is 1. The van der Waals surface area contributed by atoms with E-state index in [0.29, 0.717) is 18.8 Å². The van der Waals surface area contributed by atoms with Gasteiger partial charge in [0.1, 0.15) is 17.7 Å². The molecule has 1 unspecified atom stereocenters. The van der Waals surface area contributed by atoms with Gasteiger partial charge in [-0.2, -0.15) is 0 Å². The molecule has 1 aliphatic heterocycles. The van der Waals surface area contributed by atoms with Gasteiger partial charge in [0.2, 0.25) is 5.91 Å². The summed E-state index contributed by atoms with van der Waals surface area (Å²) in [6.07, 6.45) is 1.73. The third-order valence-electron chi connectivity index (χ3n) is 4.71. The Morgan fingerprint density at radius 1 is 1.15 bits per heavy atom. The van der Waals surface area contributed by atoms with Crippen LogP contribution in [-0.4, -0.2) is 43.6 Å². The topological polar surface area (TPSA) is 75.9 Å². The summed E-state index contributed by atoms with van der Waals surface area (Å²) in [5.74, 6) is 1.66. The Hall–Kier alpha value is -3.06. The summed E-state index contributed by atoms with van der Waals surface area (Å²) >= 11 is 0. The summed E-state index contributed by atoms with van der Waals surface area (Å²) in [5.41, 5.74) is 2.45. The van der Waals surface area contributed by atoms with Crippen LogP contribution in [0.1, 0.15) is 11.6 Å². The molecule has 1 atom stereocenters. The van der Waals surface area contributed by atoms with E-state index in [0.717, 1.165) is 22.9 Å². The smallest absolute Gasteiger partial charge is 0.243 e. The van der Waals surface area contributed by atoms with Crippen LogP contribution in [-0.2, 0) is 17.9 Å². The number of amides is 1. The molecule has 132 valence electrons. The van der Waals surface area contributed by atoms with Crippen molar-refractivity contribution in [2.45, 2.75) is 26.1 Å². The summed E-state index contributed by atoms with van der Waals surface area (Å²) in [6.45, 7) is 3.04. The lowest BCUT2D eigenvalue weighted by atomic mass is 10.1. The highest BCUT2D eigenvalue weighted by Gasteiger charge is 2.31. The summed E-state index contributed by atoms with van der Waals surface area (Å²) in [5, 5.41) is 11.3. The number of likely N-dealkylation sites (N-methyl/N-ethyl adjacent to an activating group) is 1. The molecular weight excluding hydrogens is 328 g/mol. The fourth-order valence-electron chi connectivity index (χ4n) is 3.26. The molecule has 1 aliphatic rings. The van der Waals surface area contributed by atoms with Crippen molar-refractivity contribution in [3.8, 4) is 11.3 Å². The number of pyridine rings is 1. The Balaban J connectivity index is 1.59. The van der Waals surface area contributed by atoms with E-state index in [9.17, 15) is 4.79 Å². The minimum absolute atomic E-state index is 0.0589. The van der Waals surface area contributed by atoms with Crippen molar-refractivity contribution in [3.05, 3.63) is 60.3 Å². The van der Waals surface area contributed by atoms with Gasteiger partial charge >= 0.3 is 0 Å². The Bertz CT molecular complexity index is 936. The fraction of sp³-hybridized carbons (Fsp3) is 0.263. The first kappa shape index (κ1) is 16.4. The molecule has 0 fully saturated rings. The van der Waals surface area contributed by atoms with Crippen LogP contribution in [0, 0.1) is 6.92 Å². The molecule has 0 spiro atoms. The SMILES string of the molecule is Cc1nnc2n1CC(C(=O)Nc1cccnc1-c1ccccc1)N(C)C2. The van der Waals surface area contributed by atoms with E-state index in [4.69, 9.17) is 0 Å². The van der Waals surface area contributed by atoms with Crippen LogP contribution in [0.2, 0.25) is 0 Å². The van der Waals surface area contributed by atoms with E-state index in [1.165, 1.54) is 0 Å². The number of carbonyl (C=O) groups is 1. The summed E-state index contributed by atoms with van der Waals surface area (Å²) in [7, 11) is 1.93. The number of hydrogen-bond donors (Lipinski definition) is 1. The van der Waals surface area contributed by atoms with Crippen LogP contribution in [0.15, 0.2) is 48.7 Å². The molecule has 0 aliphatic carbocycles. The predicted molar refractivity (Wildman–Crippen MR) is 98.3 cm³/mol. The van der Waals surface area contributed by atoms with Crippen molar-refractivity contribution >= 4 is 11.6 Å². The molecule has 1 N–H and O–H groups in total. The molecule has 0 saturated heterocycles. The van der Waals surface area contributed by atoms with Crippen molar-refractivity contribution in [1.29, 1.82) is 0 Å². The van der Waals surface area contributed by atoms with Gasteiger partial charge in [-0.15, -0.1) is 10.2 Å². The van der Waals surface area contributed by atoms with Crippen LogP contribution in [0.25, 0.3) is 11.3 Å². The third-order valence-corrected chi connectivity index (χ3v) is 4.71. The maximum Gasteiger partial charge on any atom is 0.243 e. The highest BCUT2D eigenvalue weighted by atomic mass is 16.2. The molecule has 1 amide bonds. The Labute approximate surface area is 151 Å². The number of aromatic nitrogens is 4. The number of carbonyl (C=O) groups excluding carboxylic acids is 1. The first-order valence-electron chi connectivity index (χ1n) is 8.53. The number of hydrogen-bond acceptors (Lipinski definition) is 5. The Morgan fingerprint density at radius 2 is 1.96 bits per heavy atom. The molecule has 4 rings (SSSR count). The van der Waals surface area contributed by atoms with Crippen molar-refractivity contribution in [1.82, 2.24) is 24.6 Å². The molecule has 7 heteroatoms. The van der Waals surface area contributed by atoms with Crippen LogP contribution in [0.4, 0.5) is 5.69 Å². The van der Waals surface area contributed by atoms with Gasteiger partial charge in [-0.05, 0) is 26.1 Å². The molecule has 7 nitrogen and oxygen atoms in total. The standard InChI is InChI=1S/C19H20N6O/c1-13-22-23-17-12-24(2)16(11-25(13)17)19(26)21-15-9-6-10-20-18(15)14-7-4-3-5-8-14/h3-10,16H,11-12H2,1-2H3,(H,21,26). The molecule has 0 saturated carbocycles. The second kappa shape index (κ2) is 6.68. The molecule has 3 heterocycles. The number of nitrogens with zero attached hydrogens (tertiary/aromatic N) is 5. The van der Waals surface area contributed by atoms with Crippen molar-refractivity contribution in [2.75, 3.05) is 12.4 Å². The van der Waals surface area contributed by atoms with E-state index >= 15 is 0 Å². The molecular formula is C19H20N6O. The highest BCUT2D eigenvalue weighted by molar-refractivity contribution is 5.97. The van der Waals surface area contributed by atoms with Crippen LogP contribution in [0.5, 0.6) is 0 Å². The van der Waals surface area contributed by atoms with Gasteiger partial charge < -0.3 is 9.88 Å². The lowest BCUT2D eigenvalue weighted by Crippen LogP contribution is -2.48. The lowest BCUT2D eigenvalue weighted by molar-refractivity contribution is -0.122. The molecule has 0 bridgehead atoms. The minimum Gasteiger partial charge on any atom is -0.323 e. The Morgan fingerprint density at radius 3 is 2.77 bits per heavy atom. The zero-order valence-electron chi connectivity index (χ0n) is 14.8. The molecule has 3 aromatic rings. The maximum absolute atomic E-state index is 13.0. The maximum atomic E-state index is 13.0. The minimum atomic E-state index is -0.291. The van der Waals surface area contributed by atoms with Gasteiger partial charge in [0, 0.05) is 11.8 Å². The summed E-state index contributed by atoms with van der Waals surface area (Å²) in [6, 6.07) is 13.3. The van der Waals surface area contributed by atoms with Gasteiger partial charge in [0.25, 0.3) is 0 Å². The van der Waals surface area contributed by atoms with Gasteiger partial charge in [0.15, 0.2) is 0 Å². The number of benzene rings is 1. The average Bonchev–Trinajstić information content (AvgIpc) is 3.02. The number of fused-ring (bicyclic) bond motifs is 1. The van der Waals surface area contributed by atoms with Gasteiger partial charge in [-0.3, -0.25) is 14.7 Å². The second-order valence-corrected chi connectivity index (χ2v) is 6.46. The van der Waals surface area contributed by atoms with E-state index < -0.39 is 0 Å². The second-order valence-electron chi connectivity index (χ2n) is 6.46. The summed E-state index contributed by atoms with van der Waals surface area (Å²) in [4.78, 5) is 19.4. The fourth-order valence-corrected chi connectivity index (χ4v) is 3.26. The first-order chi connectivity index (χ1) is 12.6. The zero-order valence-corrected chi connectivity index (χ0v) is 14.8. The third kappa shape index (κ3) is 2.97. The summed E-state index contributed by atoms with van der Waals surface area (Å²) < 4.78 is 2.01. The normalized spacial score (nSPS) is 16.9. The van der Waals surface area contributed by atoms with E-state index in [1.54, 1.807) is 6.20 Å². The largest absolute Gasteiger partial charge is 0.323 e. The van der Waals surface area contributed by atoms with E-state index in [2.05, 4.69) is 20.5 Å². The molecule has 2 aromatic heterocycles. The number of nitrogens with one attached hydrogen (secondary N) is 1. The number of anilines is 1. The van der Waals surface area contributed by atoms with E-state index in [1.807, 2.05) is 65.9 Å². The Kier molecular flexibility index (Phi) is 4.22. The van der Waals surface area contributed by atoms with Gasteiger partial charge in [-0.1, -0.05) is 30.3 Å². The predicted octanol–water partition coefficient (Wildman–Crippen LogP) is 2.10. The van der Waals surface area contributed by atoms with Crippen LogP contribution in [0.3, 0.4) is 0 Å². The van der Waals surface area contributed by atoms with E-state index in [-0.39, 0.29) is 11.9 Å².